The number of halogens is 1. The zero-order valence-corrected chi connectivity index (χ0v) is 11.5. The number of anilines is 1. The van der Waals surface area contributed by atoms with Crippen LogP contribution in [0.15, 0.2) is 35.0 Å². The lowest BCUT2D eigenvalue weighted by Gasteiger charge is -2.10. The summed E-state index contributed by atoms with van der Waals surface area (Å²) in [7, 11) is 0. The first-order chi connectivity index (χ1) is 8.58. The third-order valence-electron chi connectivity index (χ3n) is 2.28. The fourth-order valence-corrected chi connectivity index (χ4v) is 2.41. The second kappa shape index (κ2) is 5.48. The number of rotatable bonds is 3. The zero-order valence-electron chi connectivity index (χ0n) is 9.14. The highest BCUT2D eigenvalue weighted by atomic mass is 35.5. The Balaban J connectivity index is 2.31. The van der Waals surface area contributed by atoms with Crippen molar-refractivity contribution in [1.29, 1.82) is 0 Å². The lowest BCUT2D eigenvalue weighted by atomic mass is 10.1. The summed E-state index contributed by atoms with van der Waals surface area (Å²) in [5.41, 5.74) is 7.30. The van der Waals surface area contributed by atoms with Crippen molar-refractivity contribution in [2.75, 3.05) is 5.32 Å². The van der Waals surface area contributed by atoms with Gasteiger partial charge >= 0.3 is 0 Å². The molecule has 0 spiro atoms. The molecular formula is C12H9ClN2OS2. The summed E-state index contributed by atoms with van der Waals surface area (Å²) in [5, 5.41) is 6.86. The second-order valence-electron chi connectivity index (χ2n) is 3.52. The number of amides is 1. The van der Waals surface area contributed by atoms with Crippen LogP contribution in [0.3, 0.4) is 0 Å². The van der Waals surface area contributed by atoms with E-state index in [1.165, 1.54) is 11.3 Å². The van der Waals surface area contributed by atoms with Gasteiger partial charge in [-0.1, -0.05) is 23.8 Å². The van der Waals surface area contributed by atoms with Crippen molar-refractivity contribution in [1.82, 2.24) is 0 Å². The van der Waals surface area contributed by atoms with Crippen LogP contribution < -0.4 is 11.1 Å². The minimum atomic E-state index is -0.212. The van der Waals surface area contributed by atoms with Gasteiger partial charge in [0.15, 0.2) is 0 Å². The van der Waals surface area contributed by atoms with Crippen molar-refractivity contribution >= 4 is 51.7 Å². The number of carbonyl (C=O) groups is 1. The molecule has 1 aromatic heterocycles. The number of thiocarbonyl (C=S) groups is 1. The minimum absolute atomic E-state index is 0.212. The minimum Gasteiger partial charge on any atom is -0.389 e. The maximum Gasteiger partial charge on any atom is 0.256 e. The van der Waals surface area contributed by atoms with E-state index in [0.29, 0.717) is 21.8 Å². The molecule has 0 fully saturated rings. The smallest absolute Gasteiger partial charge is 0.256 e. The van der Waals surface area contributed by atoms with Crippen LogP contribution in [-0.2, 0) is 0 Å². The Morgan fingerprint density at radius 2 is 2.17 bits per heavy atom. The largest absolute Gasteiger partial charge is 0.389 e. The third-order valence-corrected chi connectivity index (χ3v) is 3.42. The van der Waals surface area contributed by atoms with Gasteiger partial charge < -0.3 is 11.1 Å². The van der Waals surface area contributed by atoms with Crippen molar-refractivity contribution in [3.8, 4) is 0 Å². The van der Waals surface area contributed by atoms with Gasteiger partial charge in [-0.15, -0.1) is 0 Å². The molecular weight excluding hydrogens is 288 g/mol. The molecule has 2 rings (SSSR count). The van der Waals surface area contributed by atoms with E-state index < -0.39 is 0 Å². The van der Waals surface area contributed by atoms with Crippen LogP contribution in [0.5, 0.6) is 0 Å². The average molecular weight is 297 g/mol. The topological polar surface area (TPSA) is 55.1 Å². The summed E-state index contributed by atoms with van der Waals surface area (Å²) in [6, 6.07) is 6.73. The number of nitrogens with two attached hydrogens (primary N) is 1. The Morgan fingerprint density at radius 3 is 2.78 bits per heavy atom. The molecule has 0 saturated heterocycles. The van der Waals surface area contributed by atoms with Gasteiger partial charge in [-0.05, 0) is 29.6 Å². The number of carbonyl (C=O) groups excluding carboxylic acids is 1. The van der Waals surface area contributed by atoms with Crippen molar-refractivity contribution in [2.45, 2.75) is 0 Å². The fraction of sp³-hybridized carbons (Fsp3) is 0. The summed E-state index contributed by atoms with van der Waals surface area (Å²) in [6.45, 7) is 0. The first kappa shape index (κ1) is 13.0. The van der Waals surface area contributed by atoms with Crippen LogP contribution in [0.25, 0.3) is 0 Å². The van der Waals surface area contributed by atoms with Crippen LogP contribution in [0.1, 0.15) is 15.9 Å². The lowest BCUT2D eigenvalue weighted by molar-refractivity contribution is 0.102. The molecule has 0 aliphatic heterocycles. The Kier molecular flexibility index (Phi) is 3.96. The van der Waals surface area contributed by atoms with E-state index in [4.69, 9.17) is 29.6 Å². The maximum atomic E-state index is 11.9. The van der Waals surface area contributed by atoms with Gasteiger partial charge in [0.05, 0.1) is 11.3 Å². The van der Waals surface area contributed by atoms with Gasteiger partial charge in [0, 0.05) is 16.0 Å². The molecule has 0 aliphatic rings. The molecule has 1 heterocycles. The highest BCUT2D eigenvalue weighted by Crippen LogP contribution is 2.22. The maximum absolute atomic E-state index is 11.9. The standard InChI is InChI=1S/C12H9ClN2OS2/c13-8-1-2-9(11(14)17)10(5-8)15-12(16)7-3-4-18-6-7/h1-6H,(H2,14,17)(H,15,16). The van der Waals surface area contributed by atoms with E-state index in [1.807, 2.05) is 5.38 Å². The highest BCUT2D eigenvalue weighted by molar-refractivity contribution is 7.80. The summed E-state index contributed by atoms with van der Waals surface area (Å²) in [5.74, 6) is -0.212. The van der Waals surface area contributed by atoms with E-state index in [0.717, 1.165) is 0 Å². The molecule has 1 aromatic carbocycles. The van der Waals surface area contributed by atoms with Crippen LogP contribution in [-0.4, -0.2) is 10.9 Å². The van der Waals surface area contributed by atoms with Crippen LogP contribution in [0, 0.1) is 0 Å². The third kappa shape index (κ3) is 2.87. The van der Waals surface area contributed by atoms with Crippen molar-refractivity contribution < 1.29 is 4.79 Å². The first-order valence-corrected chi connectivity index (χ1v) is 6.74. The number of hydrogen-bond acceptors (Lipinski definition) is 3. The Morgan fingerprint density at radius 1 is 1.39 bits per heavy atom. The Hall–Kier alpha value is -1.43. The van der Waals surface area contributed by atoms with Gasteiger partial charge in [0.25, 0.3) is 5.91 Å². The summed E-state index contributed by atoms with van der Waals surface area (Å²) >= 11 is 12.3. The van der Waals surface area contributed by atoms with E-state index >= 15 is 0 Å². The van der Waals surface area contributed by atoms with Crippen LogP contribution >= 0.6 is 35.2 Å². The predicted molar refractivity (Wildman–Crippen MR) is 79.6 cm³/mol. The molecule has 2 aromatic rings. The van der Waals surface area contributed by atoms with Crippen LogP contribution in [0.4, 0.5) is 5.69 Å². The zero-order chi connectivity index (χ0) is 13.1. The molecule has 3 nitrogen and oxygen atoms in total. The van der Waals surface area contributed by atoms with Crippen LogP contribution in [0.2, 0.25) is 5.02 Å². The second-order valence-corrected chi connectivity index (χ2v) is 5.18. The number of thiophene rings is 1. The van der Waals surface area contributed by atoms with E-state index in [9.17, 15) is 4.79 Å². The monoisotopic (exact) mass is 296 g/mol. The van der Waals surface area contributed by atoms with Crippen molar-refractivity contribution in [3.05, 3.63) is 51.2 Å². The fourth-order valence-electron chi connectivity index (χ4n) is 1.42. The van der Waals surface area contributed by atoms with E-state index in [1.54, 1.807) is 29.6 Å². The van der Waals surface area contributed by atoms with E-state index in [-0.39, 0.29) is 10.9 Å². The molecule has 0 radical (unpaired) electrons. The quantitative estimate of drug-likeness (QED) is 0.855. The van der Waals surface area contributed by atoms with Crippen molar-refractivity contribution in [2.24, 2.45) is 5.73 Å². The molecule has 0 aliphatic carbocycles. The molecule has 1 amide bonds. The number of benzene rings is 1. The predicted octanol–water partition coefficient (Wildman–Crippen LogP) is 3.29. The van der Waals surface area contributed by atoms with Crippen molar-refractivity contribution in [3.63, 3.8) is 0 Å². The highest BCUT2D eigenvalue weighted by Gasteiger charge is 2.11. The van der Waals surface area contributed by atoms with Gasteiger partial charge in [0.2, 0.25) is 0 Å². The van der Waals surface area contributed by atoms with E-state index in [2.05, 4.69) is 5.32 Å². The lowest BCUT2D eigenvalue weighted by Crippen LogP contribution is -2.17. The van der Waals surface area contributed by atoms with Gasteiger partial charge in [0.1, 0.15) is 4.99 Å². The molecule has 0 unspecified atom stereocenters. The van der Waals surface area contributed by atoms with Gasteiger partial charge in [-0.2, -0.15) is 11.3 Å². The summed E-state index contributed by atoms with van der Waals surface area (Å²) in [6.07, 6.45) is 0. The molecule has 3 N–H and O–H groups in total. The van der Waals surface area contributed by atoms with Gasteiger partial charge in [-0.3, -0.25) is 4.79 Å². The Labute approximate surface area is 119 Å². The molecule has 0 bridgehead atoms. The first-order valence-electron chi connectivity index (χ1n) is 5.01. The molecule has 92 valence electrons. The number of hydrogen-bond donors (Lipinski definition) is 2. The molecule has 0 saturated carbocycles. The Bertz CT molecular complexity index is 596. The SMILES string of the molecule is NC(=S)c1ccc(Cl)cc1NC(=O)c1ccsc1. The molecule has 18 heavy (non-hydrogen) atoms. The molecule has 6 heteroatoms. The number of nitrogens with one attached hydrogen (secondary N) is 1. The average Bonchev–Trinajstić information content (AvgIpc) is 2.81. The molecule has 0 atom stereocenters. The summed E-state index contributed by atoms with van der Waals surface area (Å²) in [4.78, 5) is 12.1. The van der Waals surface area contributed by atoms with Gasteiger partial charge in [-0.25, -0.2) is 0 Å². The normalized spacial score (nSPS) is 10.1. The summed E-state index contributed by atoms with van der Waals surface area (Å²) < 4.78 is 0.